The van der Waals surface area contributed by atoms with Crippen LogP contribution in [0.1, 0.15) is 0 Å². The Kier molecular flexibility index (Phi) is 5.45. The van der Waals surface area contributed by atoms with Gasteiger partial charge in [0.05, 0.1) is 24.1 Å². The van der Waals surface area contributed by atoms with Gasteiger partial charge in [-0.1, -0.05) is 23.7 Å². The summed E-state index contributed by atoms with van der Waals surface area (Å²) in [4.78, 5) is 19.7. The van der Waals surface area contributed by atoms with Gasteiger partial charge in [-0.25, -0.2) is 15.0 Å². The number of nitrogens with zero attached hydrogens (tertiary/aromatic N) is 5. The zero-order chi connectivity index (χ0) is 19.3. The van der Waals surface area contributed by atoms with E-state index in [1.54, 1.807) is 49.1 Å². The van der Waals surface area contributed by atoms with Crippen LogP contribution in [0.25, 0.3) is 11.3 Å². The van der Waals surface area contributed by atoms with Gasteiger partial charge < -0.3 is 10.1 Å². The van der Waals surface area contributed by atoms with Crippen molar-refractivity contribution in [2.24, 2.45) is 0 Å². The molecule has 8 heteroatoms. The monoisotopic (exact) mass is 394 g/mol. The molecule has 0 bridgehead atoms. The number of ether oxygens (including phenoxy) is 1. The predicted molar refractivity (Wildman–Crippen MR) is 109 cm³/mol. The minimum Gasteiger partial charge on any atom is -0.424 e. The number of benzene rings is 1. The lowest BCUT2D eigenvalue weighted by atomic mass is 10.1. The second kappa shape index (κ2) is 8.33. The zero-order valence-corrected chi connectivity index (χ0v) is 15.9. The molecule has 28 heavy (non-hydrogen) atoms. The van der Waals surface area contributed by atoms with Gasteiger partial charge in [-0.2, -0.15) is 0 Å². The molecule has 1 fully saturated rings. The Hall–Kier alpha value is -3.03. The van der Waals surface area contributed by atoms with Gasteiger partial charge in [-0.15, -0.1) is 6.58 Å². The number of hydrogen-bond acceptors (Lipinski definition) is 7. The minimum atomic E-state index is 0.241. The fraction of sp³-hybridized carbons (Fsp3) is 0.200. The molecular formula is C20H19ClN6O. The molecule has 3 heterocycles. The number of halogens is 1. The maximum atomic E-state index is 5.96. The van der Waals surface area contributed by atoms with Crippen molar-refractivity contribution in [3.05, 3.63) is 66.7 Å². The van der Waals surface area contributed by atoms with Crippen LogP contribution < -0.4 is 10.1 Å². The Balaban J connectivity index is 1.41. The topological polar surface area (TPSA) is 76.1 Å². The third-order valence-electron chi connectivity index (χ3n) is 4.26. The van der Waals surface area contributed by atoms with Gasteiger partial charge in [-0.05, 0) is 18.2 Å². The van der Waals surface area contributed by atoms with E-state index in [4.69, 9.17) is 16.3 Å². The maximum absolute atomic E-state index is 5.96. The fourth-order valence-corrected chi connectivity index (χ4v) is 3.09. The lowest BCUT2D eigenvalue weighted by Gasteiger charge is -2.39. The third kappa shape index (κ3) is 4.44. The van der Waals surface area contributed by atoms with Gasteiger partial charge in [0.25, 0.3) is 0 Å². The second-order valence-electron chi connectivity index (χ2n) is 6.45. The molecule has 1 N–H and O–H groups in total. The average molecular weight is 395 g/mol. The highest BCUT2D eigenvalue weighted by Crippen LogP contribution is 2.23. The van der Waals surface area contributed by atoms with E-state index in [2.05, 4.69) is 36.7 Å². The van der Waals surface area contributed by atoms with Crippen LogP contribution in [0, 0.1) is 0 Å². The number of aromatic nitrogens is 4. The number of rotatable bonds is 7. The molecule has 0 saturated carbocycles. The normalized spacial score (nSPS) is 14.3. The van der Waals surface area contributed by atoms with E-state index in [0.29, 0.717) is 22.5 Å². The molecule has 0 unspecified atom stereocenters. The fourth-order valence-electron chi connectivity index (χ4n) is 2.91. The Morgan fingerprint density at radius 2 is 2.04 bits per heavy atom. The summed E-state index contributed by atoms with van der Waals surface area (Å²) >= 11 is 5.96. The smallest absolute Gasteiger partial charge is 0.321 e. The standard InChI is InChI=1S/C20H19ClN6O/c1-2-6-27-12-16(13-27)25-19-11-22-10-18(26-19)14-8-23-20(24-9-14)28-17-5-3-4-15(21)7-17/h2-5,7-11,16H,1,6,12-13H2,(H,25,26). The van der Waals surface area contributed by atoms with Crippen LogP contribution in [0.3, 0.4) is 0 Å². The van der Waals surface area contributed by atoms with Crippen molar-refractivity contribution >= 4 is 17.4 Å². The van der Waals surface area contributed by atoms with Crippen molar-refractivity contribution < 1.29 is 4.74 Å². The predicted octanol–water partition coefficient (Wildman–Crippen LogP) is 3.66. The molecule has 0 radical (unpaired) electrons. The van der Waals surface area contributed by atoms with E-state index in [-0.39, 0.29) is 6.01 Å². The van der Waals surface area contributed by atoms with Crippen molar-refractivity contribution in [1.29, 1.82) is 0 Å². The molecular weight excluding hydrogens is 376 g/mol. The summed E-state index contributed by atoms with van der Waals surface area (Å²) in [7, 11) is 0. The lowest BCUT2D eigenvalue weighted by Crippen LogP contribution is -2.54. The lowest BCUT2D eigenvalue weighted by molar-refractivity contribution is 0.181. The minimum absolute atomic E-state index is 0.241. The molecule has 0 atom stereocenters. The molecule has 0 amide bonds. The van der Waals surface area contributed by atoms with Gasteiger partial charge in [0.2, 0.25) is 0 Å². The highest BCUT2D eigenvalue weighted by atomic mass is 35.5. The van der Waals surface area contributed by atoms with Crippen LogP contribution >= 0.6 is 11.6 Å². The van der Waals surface area contributed by atoms with Gasteiger partial charge in [0, 0.05) is 42.6 Å². The highest BCUT2D eigenvalue weighted by Gasteiger charge is 2.25. The van der Waals surface area contributed by atoms with Crippen LogP contribution in [0.15, 0.2) is 61.7 Å². The van der Waals surface area contributed by atoms with Crippen LogP contribution in [0.5, 0.6) is 11.8 Å². The van der Waals surface area contributed by atoms with E-state index in [1.165, 1.54) is 0 Å². The molecule has 2 aromatic heterocycles. The van der Waals surface area contributed by atoms with Crippen molar-refractivity contribution in [2.75, 3.05) is 25.0 Å². The molecule has 1 aliphatic rings. The molecule has 1 saturated heterocycles. The van der Waals surface area contributed by atoms with E-state index in [1.807, 2.05) is 6.08 Å². The Morgan fingerprint density at radius 3 is 2.79 bits per heavy atom. The molecule has 1 aliphatic heterocycles. The molecule has 4 rings (SSSR count). The van der Waals surface area contributed by atoms with Crippen LogP contribution in [-0.4, -0.2) is 50.5 Å². The summed E-state index contributed by atoms with van der Waals surface area (Å²) in [5, 5.41) is 3.99. The van der Waals surface area contributed by atoms with Crippen LogP contribution in [0.2, 0.25) is 5.02 Å². The summed E-state index contributed by atoms with van der Waals surface area (Å²) < 4.78 is 5.61. The van der Waals surface area contributed by atoms with Gasteiger partial charge >= 0.3 is 6.01 Å². The SMILES string of the molecule is C=CCN1CC(Nc2cncc(-c3cnc(Oc4cccc(Cl)c4)nc3)n2)C1. The van der Waals surface area contributed by atoms with Crippen molar-refractivity contribution in [3.63, 3.8) is 0 Å². The molecule has 7 nitrogen and oxygen atoms in total. The summed E-state index contributed by atoms with van der Waals surface area (Å²) in [6.45, 7) is 6.60. The van der Waals surface area contributed by atoms with Crippen LogP contribution in [0.4, 0.5) is 5.82 Å². The van der Waals surface area contributed by atoms with E-state index in [0.717, 1.165) is 31.0 Å². The second-order valence-corrected chi connectivity index (χ2v) is 6.89. The molecule has 0 aliphatic carbocycles. The highest BCUT2D eigenvalue weighted by molar-refractivity contribution is 6.30. The average Bonchev–Trinajstić information content (AvgIpc) is 2.67. The molecule has 0 spiro atoms. The summed E-state index contributed by atoms with van der Waals surface area (Å²) in [6, 6.07) is 7.69. The van der Waals surface area contributed by atoms with E-state index >= 15 is 0 Å². The zero-order valence-electron chi connectivity index (χ0n) is 15.1. The number of likely N-dealkylation sites (tertiary alicyclic amines) is 1. The van der Waals surface area contributed by atoms with Crippen molar-refractivity contribution in [1.82, 2.24) is 24.8 Å². The van der Waals surface area contributed by atoms with Gasteiger partial charge in [0.1, 0.15) is 11.6 Å². The largest absolute Gasteiger partial charge is 0.424 e. The first-order valence-corrected chi connectivity index (χ1v) is 9.25. The Labute approximate surface area is 168 Å². The third-order valence-corrected chi connectivity index (χ3v) is 4.50. The number of hydrogen-bond donors (Lipinski definition) is 1. The first-order valence-electron chi connectivity index (χ1n) is 8.87. The van der Waals surface area contributed by atoms with Gasteiger partial charge in [0.15, 0.2) is 0 Å². The Morgan fingerprint density at radius 1 is 1.21 bits per heavy atom. The first kappa shape index (κ1) is 18.3. The Bertz CT molecular complexity index is 959. The molecule has 1 aromatic carbocycles. The number of anilines is 1. The molecule has 142 valence electrons. The van der Waals surface area contributed by atoms with Crippen molar-refractivity contribution in [3.8, 4) is 23.0 Å². The van der Waals surface area contributed by atoms with E-state index in [9.17, 15) is 0 Å². The van der Waals surface area contributed by atoms with Gasteiger partial charge in [-0.3, -0.25) is 9.88 Å². The van der Waals surface area contributed by atoms with Crippen molar-refractivity contribution in [2.45, 2.75) is 6.04 Å². The summed E-state index contributed by atoms with van der Waals surface area (Å²) in [6.07, 6.45) is 8.64. The maximum Gasteiger partial charge on any atom is 0.321 e. The van der Waals surface area contributed by atoms with Crippen LogP contribution in [-0.2, 0) is 0 Å². The first-order chi connectivity index (χ1) is 13.7. The summed E-state index contributed by atoms with van der Waals surface area (Å²) in [5.41, 5.74) is 1.46. The quantitative estimate of drug-likeness (QED) is 0.613. The van der Waals surface area contributed by atoms with E-state index < -0.39 is 0 Å². The summed E-state index contributed by atoms with van der Waals surface area (Å²) in [5.74, 6) is 1.32. The molecule has 3 aromatic rings. The number of nitrogens with one attached hydrogen (secondary N) is 1.